The van der Waals surface area contributed by atoms with Gasteiger partial charge in [-0.1, -0.05) is 24.3 Å². The van der Waals surface area contributed by atoms with E-state index in [1.54, 1.807) is 13.2 Å². The maximum absolute atomic E-state index is 13.3. The van der Waals surface area contributed by atoms with E-state index >= 15 is 0 Å². The summed E-state index contributed by atoms with van der Waals surface area (Å²) in [4.78, 5) is 0. The van der Waals surface area contributed by atoms with Crippen LogP contribution in [0.3, 0.4) is 0 Å². The average molecular weight is 289 g/mol. The highest BCUT2D eigenvalue weighted by molar-refractivity contribution is 5.29. The Bertz CT molecular complexity index is 557. The summed E-state index contributed by atoms with van der Waals surface area (Å²) in [5.74, 6) is 0.431. The molecular formula is C17H20FNO2. The van der Waals surface area contributed by atoms with Crippen molar-refractivity contribution in [3.63, 3.8) is 0 Å². The highest BCUT2D eigenvalue weighted by Crippen LogP contribution is 2.22. The first kappa shape index (κ1) is 15.5. The number of benzene rings is 2. The van der Waals surface area contributed by atoms with Crippen LogP contribution in [-0.2, 0) is 11.2 Å². The predicted octanol–water partition coefficient (Wildman–Crippen LogP) is 3.09. The fourth-order valence-corrected chi connectivity index (χ4v) is 2.08. The van der Waals surface area contributed by atoms with Crippen molar-refractivity contribution in [1.29, 1.82) is 0 Å². The average Bonchev–Trinajstić information content (AvgIpc) is 2.51. The van der Waals surface area contributed by atoms with Crippen molar-refractivity contribution in [2.24, 2.45) is 5.73 Å². The number of hydrogen-bond donors (Lipinski definition) is 1. The topological polar surface area (TPSA) is 44.5 Å². The molecule has 1 unspecified atom stereocenters. The zero-order valence-corrected chi connectivity index (χ0v) is 12.1. The van der Waals surface area contributed by atoms with Crippen molar-refractivity contribution < 1.29 is 13.9 Å². The number of rotatable bonds is 7. The molecule has 21 heavy (non-hydrogen) atoms. The maximum Gasteiger partial charge on any atom is 0.136 e. The molecule has 1 atom stereocenters. The van der Waals surface area contributed by atoms with Crippen LogP contribution in [0.25, 0.3) is 0 Å². The summed E-state index contributed by atoms with van der Waals surface area (Å²) in [5.41, 5.74) is 7.65. The highest BCUT2D eigenvalue weighted by atomic mass is 19.1. The molecule has 112 valence electrons. The van der Waals surface area contributed by atoms with E-state index < -0.39 is 0 Å². The van der Waals surface area contributed by atoms with Crippen molar-refractivity contribution >= 4 is 0 Å². The molecule has 2 rings (SSSR count). The van der Waals surface area contributed by atoms with Gasteiger partial charge in [-0.3, -0.25) is 0 Å². The molecule has 0 bridgehead atoms. The lowest BCUT2D eigenvalue weighted by atomic mass is 10.1. The van der Waals surface area contributed by atoms with Crippen molar-refractivity contribution in [2.45, 2.75) is 12.5 Å². The van der Waals surface area contributed by atoms with Crippen LogP contribution in [0.4, 0.5) is 4.39 Å². The molecule has 2 N–H and O–H groups in total. The Balaban J connectivity index is 2.04. The number of halogens is 1. The SMILES string of the molecule is COCCc1ccc(OC(CN)c2cccc(F)c2)cc1. The van der Waals surface area contributed by atoms with Crippen LogP contribution in [0.5, 0.6) is 5.75 Å². The van der Waals surface area contributed by atoms with Crippen LogP contribution in [0, 0.1) is 5.82 Å². The molecule has 2 aromatic carbocycles. The standard InChI is InChI=1S/C17H20FNO2/c1-20-10-9-13-5-7-16(8-6-13)21-17(12-19)14-3-2-4-15(18)11-14/h2-8,11,17H,9-10,12,19H2,1H3. The second-order valence-electron chi connectivity index (χ2n) is 4.78. The number of methoxy groups -OCH3 is 1. The highest BCUT2D eigenvalue weighted by Gasteiger charge is 2.12. The van der Waals surface area contributed by atoms with Crippen LogP contribution in [-0.4, -0.2) is 20.3 Å². The van der Waals surface area contributed by atoms with Crippen LogP contribution in [0.2, 0.25) is 0 Å². The van der Waals surface area contributed by atoms with Gasteiger partial charge >= 0.3 is 0 Å². The van der Waals surface area contributed by atoms with E-state index in [9.17, 15) is 4.39 Å². The summed E-state index contributed by atoms with van der Waals surface area (Å²) in [6, 6.07) is 14.1. The molecule has 0 aromatic heterocycles. The second kappa shape index (κ2) is 7.76. The maximum atomic E-state index is 13.3. The first-order valence-corrected chi connectivity index (χ1v) is 6.93. The van der Waals surface area contributed by atoms with Gasteiger partial charge in [-0.05, 0) is 41.8 Å². The summed E-state index contributed by atoms with van der Waals surface area (Å²) >= 11 is 0. The minimum Gasteiger partial charge on any atom is -0.484 e. The van der Waals surface area contributed by atoms with E-state index in [-0.39, 0.29) is 18.5 Å². The Kier molecular flexibility index (Phi) is 5.72. The monoisotopic (exact) mass is 289 g/mol. The van der Waals surface area contributed by atoms with Gasteiger partial charge in [0.25, 0.3) is 0 Å². The molecule has 0 aliphatic carbocycles. The fourth-order valence-electron chi connectivity index (χ4n) is 2.08. The van der Waals surface area contributed by atoms with E-state index in [4.69, 9.17) is 15.2 Å². The molecule has 0 fully saturated rings. The molecule has 3 nitrogen and oxygen atoms in total. The Hall–Kier alpha value is -1.91. The Morgan fingerprint density at radius 1 is 1.14 bits per heavy atom. The second-order valence-corrected chi connectivity index (χ2v) is 4.78. The molecule has 4 heteroatoms. The van der Waals surface area contributed by atoms with Crippen LogP contribution in [0.1, 0.15) is 17.2 Å². The van der Waals surface area contributed by atoms with Gasteiger partial charge in [0.2, 0.25) is 0 Å². The van der Waals surface area contributed by atoms with Gasteiger partial charge in [0.1, 0.15) is 17.7 Å². The zero-order valence-electron chi connectivity index (χ0n) is 12.1. The van der Waals surface area contributed by atoms with Gasteiger partial charge in [0.05, 0.1) is 6.61 Å². The number of nitrogens with two attached hydrogens (primary N) is 1. The minimum atomic E-state index is -0.356. The van der Waals surface area contributed by atoms with Crippen molar-refractivity contribution in [1.82, 2.24) is 0 Å². The molecule has 0 aliphatic rings. The molecule has 0 amide bonds. The quantitative estimate of drug-likeness (QED) is 0.852. The molecule has 0 spiro atoms. The lowest BCUT2D eigenvalue weighted by molar-refractivity contribution is 0.202. The van der Waals surface area contributed by atoms with Crippen molar-refractivity contribution in [3.8, 4) is 5.75 Å². The molecule has 0 heterocycles. The molecule has 0 aliphatic heterocycles. The smallest absolute Gasteiger partial charge is 0.136 e. The van der Waals surface area contributed by atoms with Crippen LogP contribution >= 0.6 is 0 Å². The van der Waals surface area contributed by atoms with Crippen LogP contribution in [0.15, 0.2) is 48.5 Å². The summed E-state index contributed by atoms with van der Waals surface area (Å²) in [6.45, 7) is 0.976. The third kappa shape index (κ3) is 4.55. The van der Waals surface area contributed by atoms with E-state index in [2.05, 4.69) is 0 Å². The third-order valence-electron chi connectivity index (χ3n) is 3.23. The minimum absolute atomic E-state index is 0.287. The molecular weight excluding hydrogens is 269 g/mol. The first-order valence-electron chi connectivity index (χ1n) is 6.93. The lowest BCUT2D eigenvalue weighted by Gasteiger charge is -2.18. The Labute approximate surface area is 124 Å². The van der Waals surface area contributed by atoms with Crippen LogP contribution < -0.4 is 10.5 Å². The van der Waals surface area contributed by atoms with E-state index in [1.165, 1.54) is 17.7 Å². The Morgan fingerprint density at radius 3 is 2.52 bits per heavy atom. The summed E-state index contributed by atoms with van der Waals surface area (Å²) in [5, 5.41) is 0. The van der Waals surface area contributed by atoms with Gasteiger partial charge in [-0.15, -0.1) is 0 Å². The predicted molar refractivity (Wildman–Crippen MR) is 80.8 cm³/mol. The largest absolute Gasteiger partial charge is 0.484 e. The van der Waals surface area contributed by atoms with Gasteiger partial charge in [-0.25, -0.2) is 4.39 Å². The van der Waals surface area contributed by atoms with E-state index in [1.807, 2.05) is 30.3 Å². The lowest BCUT2D eigenvalue weighted by Crippen LogP contribution is -2.18. The third-order valence-corrected chi connectivity index (χ3v) is 3.23. The van der Waals surface area contributed by atoms with Gasteiger partial charge in [0.15, 0.2) is 0 Å². The van der Waals surface area contributed by atoms with Crippen molar-refractivity contribution in [3.05, 3.63) is 65.5 Å². The van der Waals surface area contributed by atoms with Gasteiger partial charge < -0.3 is 15.2 Å². The summed E-state index contributed by atoms with van der Waals surface area (Å²) in [6.07, 6.45) is 0.506. The Morgan fingerprint density at radius 2 is 1.90 bits per heavy atom. The van der Waals surface area contributed by atoms with Crippen molar-refractivity contribution in [2.75, 3.05) is 20.3 Å². The van der Waals surface area contributed by atoms with Gasteiger partial charge in [0, 0.05) is 13.7 Å². The van der Waals surface area contributed by atoms with E-state index in [0.717, 1.165) is 17.7 Å². The zero-order chi connectivity index (χ0) is 15.1. The van der Waals surface area contributed by atoms with Gasteiger partial charge in [-0.2, -0.15) is 0 Å². The molecule has 2 aromatic rings. The normalized spacial score (nSPS) is 12.1. The number of ether oxygens (including phenoxy) is 2. The summed E-state index contributed by atoms with van der Waals surface area (Å²) in [7, 11) is 1.68. The molecule has 0 radical (unpaired) electrons. The fraction of sp³-hybridized carbons (Fsp3) is 0.294. The first-order chi connectivity index (χ1) is 10.2. The molecule has 0 saturated heterocycles. The summed E-state index contributed by atoms with van der Waals surface area (Å²) < 4.78 is 24.2. The molecule has 0 saturated carbocycles. The number of hydrogen-bond acceptors (Lipinski definition) is 3. The van der Waals surface area contributed by atoms with E-state index in [0.29, 0.717) is 6.61 Å².